The predicted molar refractivity (Wildman–Crippen MR) is 74.9 cm³/mol. The quantitative estimate of drug-likeness (QED) is 0.634. The van der Waals surface area contributed by atoms with Crippen molar-refractivity contribution in [3.8, 4) is 0 Å². The molecule has 104 valence electrons. The lowest BCUT2D eigenvalue weighted by Crippen LogP contribution is -2.18. The number of pyridine rings is 1. The number of nitrogens with zero attached hydrogens (tertiary/aromatic N) is 3. The van der Waals surface area contributed by atoms with E-state index in [1.807, 2.05) is 35.0 Å². The lowest BCUT2D eigenvalue weighted by Gasteiger charge is -2.06. The van der Waals surface area contributed by atoms with E-state index in [2.05, 4.69) is 14.9 Å². The van der Waals surface area contributed by atoms with Crippen molar-refractivity contribution < 1.29 is 14.4 Å². The molecule has 0 aliphatic carbocycles. The summed E-state index contributed by atoms with van der Waals surface area (Å²) in [4.78, 5) is 20.9. The third-order valence-corrected chi connectivity index (χ3v) is 4.06. The molecule has 0 aromatic carbocycles. The molecule has 1 aliphatic rings. The molecule has 0 radical (unpaired) electrons. The summed E-state index contributed by atoms with van der Waals surface area (Å²) in [6.45, 7) is 0. The van der Waals surface area contributed by atoms with Crippen LogP contribution in [0.25, 0.3) is 5.52 Å². The van der Waals surface area contributed by atoms with Crippen molar-refractivity contribution in [2.75, 3.05) is 12.9 Å². The first-order valence-electron chi connectivity index (χ1n) is 6.14. The molecular formula is C13H13N3O3S. The second kappa shape index (κ2) is 5.54. The summed E-state index contributed by atoms with van der Waals surface area (Å²) < 4.78 is 6.63. The fourth-order valence-corrected chi connectivity index (χ4v) is 2.90. The lowest BCUT2D eigenvalue weighted by molar-refractivity contribution is -0.132. The summed E-state index contributed by atoms with van der Waals surface area (Å²) in [5.41, 5.74) is 1.39. The molecule has 0 bridgehead atoms. The molecule has 0 saturated carbocycles. The van der Waals surface area contributed by atoms with E-state index in [9.17, 15) is 4.79 Å². The van der Waals surface area contributed by atoms with Crippen LogP contribution in [-0.2, 0) is 14.4 Å². The van der Waals surface area contributed by atoms with Gasteiger partial charge in [0, 0.05) is 18.4 Å². The van der Waals surface area contributed by atoms with Crippen LogP contribution in [0.4, 0.5) is 0 Å². The van der Waals surface area contributed by atoms with E-state index >= 15 is 0 Å². The number of ether oxygens (including phenoxy) is 1. The maximum Gasteiger partial charge on any atom is 0.355 e. The second-order valence-corrected chi connectivity index (χ2v) is 5.30. The van der Waals surface area contributed by atoms with Crippen molar-refractivity contribution in [1.82, 2.24) is 9.38 Å². The number of methoxy groups -OCH3 is 1. The van der Waals surface area contributed by atoms with Gasteiger partial charge >= 0.3 is 5.97 Å². The van der Waals surface area contributed by atoms with Gasteiger partial charge in [0.2, 0.25) is 0 Å². The molecule has 0 fully saturated rings. The maximum atomic E-state index is 11.3. The molecule has 0 spiro atoms. The van der Waals surface area contributed by atoms with Crippen LogP contribution in [0.15, 0.2) is 40.9 Å². The van der Waals surface area contributed by atoms with Crippen LogP contribution in [-0.4, -0.2) is 40.0 Å². The third-order valence-electron chi connectivity index (χ3n) is 2.96. The van der Waals surface area contributed by atoms with E-state index in [1.54, 1.807) is 11.8 Å². The molecule has 1 aliphatic heterocycles. The summed E-state index contributed by atoms with van der Waals surface area (Å²) in [5.74, 6) is 0.252. The Kier molecular flexibility index (Phi) is 3.60. The van der Waals surface area contributed by atoms with Crippen molar-refractivity contribution in [3.05, 3.63) is 30.6 Å². The summed E-state index contributed by atoms with van der Waals surface area (Å²) in [7, 11) is 1.34. The Hall–Kier alpha value is -2.02. The number of rotatable bonds is 4. The Labute approximate surface area is 119 Å². The number of fused-ring (bicyclic) bond motifs is 1. The number of carbonyl (C=O) groups is 1. The number of aromatic nitrogens is 2. The topological polar surface area (TPSA) is 65.2 Å². The first kappa shape index (κ1) is 13.0. The highest BCUT2D eigenvalue weighted by Crippen LogP contribution is 2.23. The van der Waals surface area contributed by atoms with E-state index in [0.717, 1.165) is 10.7 Å². The highest BCUT2D eigenvalue weighted by Gasteiger charge is 2.27. The van der Waals surface area contributed by atoms with Crippen LogP contribution in [0.3, 0.4) is 0 Å². The van der Waals surface area contributed by atoms with Gasteiger partial charge in [0.15, 0.2) is 10.9 Å². The lowest BCUT2D eigenvalue weighted by atomic mass is 10.2. The second-order valence-electron chi connectivity index (χ2n) is 4.31. The van der Waals surface area contributed by atoms with Crippen LogP contribution in [0, 0.1) is 0 Å². The number of imidazole rings is 1. The normalized spacial score (nSPS) is 17.9. The highest BCUT2D eigenvalue weighted by molar-refractivity contribution is 7.99. The summed E-state index contributed by atoms with van der Waals surface area (Å²) in [5, 5.41) is 4.65. The first-order valence-corrected chi connectivity index (χ1v) is 7.12. The molecule has 20 heavy (non-hydrogen) atoms. The van der Waals surface area contributed by atoms with Crippen molar-refractivity contribution in [1.29, 1.82) is 0 Å². The Morgan fingerprint density at radius 3 is 3.35 bits per heavy atom. The predicted octanol–water partition coefficient (Wildman–Crippen LogP) is 1.74. The van der Waals surface area contributed by atoms with Gasteiger partial charge in [0.25, 0.3) is 0 Å². The van der Waals surface area contributed by atoms with Crippen molar-refractivity contribution in [2.45, 2.75) is 17.7 Å². The zero-order valence-electron chi connectivity index (χ0n) is 10.9. The van der Waals surface area contributed by atoms with E-state index in [1.165, 1.54) is 7.11 Å². The number of hydrogen-bond donors (Lipinski definition) is 0. The number of thioether (sulfide) groups is 1. The van der Waals surface area contributed by atoms with Crippen LogP contribution >= 0.6 is 11.8 Å². The summed E-state index contributed by atoms with van der Waals surface area (Å²) >= 11 is 1.58. The van der Waals surface area contributed by atoms with Gasteiger partial charge in [-0.3, -0.25) is 4.40 Å². The van der Waals surface area contributed by atoms with Gasteiger partial charge < -0.3 is 9.57 Å². The van der Waals surface area contributed by atoms with Gasteiger partial charge in [0.05, 0.1) is 18.8 Å². The number of oxime groups is 1. The number of hydrogen-bond acceptors (Lipinski definition) is 6. The average Bonchev–Trinajstić information content (AvgIpc) is 3.11. The number of carbonyl (C=O) groups excluding carboxylic acids is 1. The van der Waals surface area contributed by atoms with Crippen molar-refractivity contribution >= 4 is 29.0 Å². The largest absolute Gasteiger partial charge is 0.464 e. The molecule has 3 rings (SSSR count). The SMILES string of the molecule is COC(=O)C1=NOC(CSc2ncc3ccccn23)C1. The van der Waals surface area contributed by atoms with Crippen LogP contribution in [0.2, 0.25) is 0 Å². The number of esters is 1. The third kappa shape index (κ3) is 2.49. The molecule has 0 N–H and O–H groups in total. The van der Waals surface area contributed by atoms with Crippen molar-refractivity contribution in [3.63, 3.8) is 0 Å². The zero-order chi connectivity index (χ0) is 13.9. The van der Waals surface area contributed by atoms with Crippen LogP contribution in [0.5, 0.6) is 0 Å². The highest BCUT2D eigenvalue weighted by atomic mass is 32.2. The molecule has 2 aromatic heterocycles. The fourth-order valence-electron chi connectivity index (χ4n) is 1.95. The molecule has 0 amide bonds. The molecule has 1 unspecified atom stereocenters. The van der Waals surface area contributed by atoms with Gasteiger partial charge in [-0.2, -0.15) is 0 Å². The Bertz CT molecular complexity index is 668. The Morgan fingerprint density at radius 1 is 1.60 bits per heavy atom. The molecule has 0 saturated heterocycles. The van der Waals surface area contributed by atoms with Crippen LogP contribution in [0.1, 0.15) is 6.42 Å². The van der Waals surface area contributed by atoms with E-state index in [4.69, 9.17) is 4.84 Å². The molecule has 3 heterocycles. The molecule has 7 heteroatoms. The van der Waals surface area contributed by atoms with Crippen molar-refractivity contribution in [2.24, 2.45) is 5.16 Å². The van der Waals surface area contributed by atoms with Gasteiger partial charge in [-0.1, -0.05) is 23.0 Å². The van der Waals surface area contributed by atoms with Gasteiger partial charge in [0.1, 0.15) is 6.10 Å². The Morgan fingerprint density at radius 2 is 2.50 bits per heavy atom. The van der Waals surface area contributed by atoms with Gasteiger partial charge in [-0.15, -0.1) is 0 Å². The molecular weight excluding hydrogens is 278 g/mol. The monoisotopic (exact) mass is 291 g/mol. The van der Waals surface area contributed by atoms with E-state index in [-0.39, 0.29) is 6.10 Å². The van der Waals surface area contributed by atoms with Gasteiger partial charge in [-0.25, -0.2) is 9.78 Å². The minimum absolute atomic E-state index is 0.120. The average molecular weight is 291 g/mol. The van der Waals surface area contributed by atoms with Crippen LogP contribution < -0.4 is 0 Å². The van der Waals surface area contributed by atoms with E-state index in [0.29, 0.717) is 17.9 Å². The summed E-state index contributed by atoms with van der Waals surface area (Å²) in [6, 6.07) is 5.94. The standard InChI is InChI=1S/C13H13N3O3S/c1-18-12(17)11-6-10(19-15-11)8-20-13-14-7-9-4-2-3-5-16(9)13/h2-5,7,10H,6,8H2,1H3. The first-order chi connectivity index (χ1) is 9.78. The molecule has 2 aromatic rings. The zero-order valence-corrected chi connectivity index (χ0v) is 11.7. The van der Waals surface area contributed by atoms with E-state index < -0.39 is 5.97 Å². The maximum absolute atomic E-state index is 11.3. The summed E-state index contributed by atoms with van der Waals surface area (Å²) in [6.07, 6.45) is 4.15. The minimum Gasteiger partial charge on any atom is -0.464 e. The van der Waals surface area contributed by atoms with Gasteiger partial charge in [-0.05, 0) is 12.1 Å². The minimum atomic E-state index is -0.427. The Balaban J connectivity index is 1.60. The molecule has 1 atom stereocenters. The molecule has 6 nitrogen and oxygen atoms in total. The smallest absolute Gasteiger partial charge is 0.355 e. The fraction of sp³-hybridized carbons (Fsp3) is 0.308.